The molecule has 2 bridgehead atoms. The molecule has 3 atom stereocenters. The molecule has 11 heteroatoms. The first-order valence-electron chi connectivity index (χ1n) is 10.6. The highest BCUT2D eigenvalue weighted by atomic mass is 35.5. The van der Waals surface area contributed by atoms with Crippen LogP contribution in [0.2, 0.25) is 10.0 Å². The molecular formula is C23H22Cl2F2N2O5. The van der Waals surface area contributed by atoms with Gasteiger partial charge in [0.1, 0.15) is 23.1 Å². The van der Waals surface area contributed by atoms with E-state index in [-0.39, 0.29) is 41.2 Å². The van der Waals surface area contributed by atoms with Gasteiger partial charge in [0, 0.05) is 17.7 Å². The maximum Gasteiger partial charge on any atom is 0.258 e. The number of fused-ring (bicyclic) bond motifs is 2. The fourth-order valence-corrected chi connectivity index (χ4v) is 4.93. The lowest BCUT2D eigenvalue weighted by Crippen LogP contribution is -2.54. The van der Waals surface area contributed by atoms with Gasteiger partial charge in [-0.15, -0.1) is 0 Å². The smallest absolute Gasteiger partial charge is 0.258 e. The topological polar surface area (TPSA) is 96.9 Å². The second-order valence-corrected chi connectivity index (χ2v) is 9.47. The minimum absolute atomic E-state index is 0.0503. The number of halogens is 4. The highest BCUT2D eigenvalue weighted by Crippen LogP contribution is 2.50. The molecule has 2 aromatic rings. The summed E-state index contributed by atoms with van der Waals surface area (Å²) in [4.78, 5) is 24.9. The Morgan fingerprint density at radius 2 is 1.47 bits per heavy atom. The molecule has 4 rings (SSSR count). The second-order valence-electron chi connectivity index (χ2n) is 8.66. The predicted octanol–water partition coefficient (Wildman–Crippen LogP) is 3.39. The van der Waals surface area contributed by atoms with E-state index in [2.05, 4.69) is 10.6 Å². The second kappa shape index (κ2) is 9.56. The first kappa shape index (κ1) is 24.5. The van der Waals surface area contributed by atoms with Crippen molar-refractivity contribution < 1.29 is 33.0 Å². The summed E-state index contributed by atoms with van der Waals surface area (Å²) in [6.45, 7) is -0.718. The average molecular weight is 515 g/mol. The molecule has 0 radical (unpaired) electrons. The van der Waals surface area contributed by atoms with E-state index >= 15 is 0 Å². The van der Waals surface area contributed by atoms with Crippen LogP contribution in [-0.2, 0) is 9.59 Å². The Bertz CT molecular complexity index is 1120. The summed E-state index contributed by atoms with van der Waals surface area (Å²) >= 11 is 11.3. The zero-order valence-corrected chi connectivity index (χ0v) is 19.4. The predicted molar refractivity (Wildman–Crippen MR) is 120 cm³/mol. The molecule has 2 amide bonds. The van der Waals surface area contributed by atoms with Gasteiger partial charge in [0.25, 0.3) is 11.8 Å². The van der Waals surface area contributed by atoms with E-state index < -0.39 is 40.6 Å². The molecule has 2 saturated carbocycles. The van der Waals surface area contributed by atoms with Crippen LogP contribution in [0.5, 0.6) is 11.5 Å². The molecule has 2 fully saturated rings. The quantitative estimate of drug-likeness (QED) is 0.501. The van der Waals surface area contributed by atoms with Gasteiger partial charge < -0.3 is 25.2 Å². The van der Waals surface area contributed by atoms with Gasteiger partial charge in [0.05, 0.1) is 21.7 Å². The summed E-state index contributed by atoms with van der Waals surface area (Å²) in [7, 11) is 0. The van der Waals surface area contributed by atoms with Gasteiger partial charge in [-0.25, -0.2) is 8.78 Å². The monoisotopic (exact) mass is 514 g/mol. The summed E-state index contributed by atoms with van der Waals surface area (Å²) in [5.74, 6) is -1.92. The number of carbonyl (C=O) groups excluding carboxylic acids is 2. The molecule has 0 heterocycles. The van der Waals surface area contributed by atoms with Crippen LogP contribution in [0.1, 0.15) is 25.7 Å². The third-order valence-corrected chi connectivity index (χ3v) is 6.85. The summed E-state index contributed by atoms with van der Waals surface area (Å²) in [5.41, 5.74) is -1.60. The molecule has 2 aliphatic carbocycles. The minimum Gasteiger partial charge on any atom is -0.484 e. The Labute approximate surface area is 204 Å². The van der Waals surface area contributed by atoms with Crippen LogP contribution in [0.3, 0.4) is 0 Å². The number of benzene rings is 2. The molecule has 3 N–H and O–H groups in total. The van der Waals surface area contributed by atoms with Gasteiger partial charge in [-0.3, -0.25) is 9.59 Å². The summed E-state index contributed by atoms with van der Waals surface area (Å²) in [5, 5.41) is 16.3. The van der Waals surface area contributed by atoms with E-state index in [0.717, 1.165) is 12.1 Å². The largest absolute Gasteiger partial charge is 0.484 e. The maximum absolute atomic E-state index is 13.5. The van der Waals surface area contributed by atoms with Gasteiger partial charge in [0.2, 0.25) is 0 Å². The van der Waals surface area contributed by atoms with Crippen molar-refractivity contribution in [1.82, 2.24) is 10.6 Å². The van der Waals surface area contributed by atoms with Gasteiger partial charge in [0.15, 0.2) is 13.2 Å². The zero-order valence-electron chi connectivity index (χ0n) is 17.9. The first-order chi connectivity index (χ1) is 16.1. The molecule has 0 spiro atoms. The van der Waals surface area contributed by atoms with Crippen molar-refractivity contribution in [2.45, 2.75) is 42.9 Å². The Balaban J connectivity index is 1.30. The Hall–Kier alpha value is -2.62. The molecule has 7 nitrogen and oxygen atoms in total. The molecule has 2 aromatic carbocycles. The molecule has 182 valence electrons. The van der Waals surface area contributed by atoms with Crippen LogP contribution in [0.25, 0.3) is 0 Å². The number of carbonyl (C=O) groups is 2. The van der Waals surface area contributed by atoms with Gasteiger partial charge in [-0.1, -0.05) is 23.2 Å². The first-order valence-corrected chi connectivity index (χ1v) is 11.3. The lowest BCUT2D eigenvalue weighted by atomic mass is 9.88. The summed E-state index contributed by atoms with van der Waals surface area (Å²) < 4.78 is 37.7. The SMILES string of the molecule is O=C(COc1ccc(Cl)c(F)c1)NC12CC[C@](NC(=O)COc3ccc(Cl)c(F)c3)(C[C@H]1O)C2. The number of ether oxygens (including phenoxy) is 2. The van der Waals surface area contributed by atoms with E-state index in [9.17, 15) is 23.5 Å². The normalized spacial score (nSPS) is 25.1. The van der Waals surface area contributed by atoms with Crippen LogP contribution >= 0.6 is 23.2 Å². The third kappa shape index (κ3) is 5.21. The van der Waals surface area contributed by atoms with Crippen molar-refractivity contribution in [2.24, 2.45) is 0 Å². The highest BCUT2D eigenvalue weighted by molar-refractivity contribution is 6.31. The number of hydrogen-bond acceptors (Lipinski definition) is 5. The molecule has 1 unspecified atom stereocenters. The lowest BCUT2D eigenvalue weighted by Gasteiger charge is -2.33. The summed E-state index contributed by atoms with van der Waals surface area (Å²) in [6.07, 6.45) is 0.736. The van der Waals surface area contributed by atoms with E-state index in [1.807, 2.05) is 0 Å². The van der Waals surface area contributed by atoms with E-state index in [1.165, 1.54) is 24.3 Å². The number of rotatable bonds is 8. The lowest BCUT2D eigenvalue weighted by molar-refractivity contribution is -0.127. The Morgan fingerprint density at radius 3 is 1.97 bits per heavy atom. The van der Waals surface area contributed by atoms with Gasteiger partial charge >= 0.3 is 0 Å². The Morgan fingerprint density at radius 1 is 0.941 bits per heavy atom. The zero-order chi connectivity index (χ0) is 24.5. The number of nitrogens with one attached hydrogen (secondary N) is 2. The van der Waals surface area contributed by atoms with E-state index in [4.69, 9.17) is 32.7 Å². The van der Waals surface area contributed by atoms with E-state index in [0.29, 0.717) is 19.3 Å². The average Bonchev–Trinajstić information content (AvgIpc) is 3.26. The fraction of sp³-hybridized carbons (Fsp3) is 0.391. The molecule has 0 aliphatic heterocycles. The van der Waals surface area contributed by atoms with Crippen molar-refractivity contribution >= 4 is 35.0 Å². The van der Waals surface area contributed by atoms with Crippen molar-refractivity contribution in [3.63, 3.8) is 0 Å². The van der Waals surface area contributed by atoms with Crippen LogP contribution in [-0.4, -0.2) is 47.3 Å². The summed E-state index contributed by atoms with van der Waals surface area (Å²) in [6, 6.07) is 7.71. The number of aliphatic hydroxyl groups is 1. The highest BCUT2D eigenvalue weighted by Gasteiger charge is 2.61. The Kier molecular flexibility index (Phi) is 6.89. The van der Waals surface area contributed by atoms with Crippen LogP contribution in [0.15, 0.2) is 36.4 Å². The molecule has 2 aliphatic rings. The number of aliphatic hydroxyl groups excluding tert-OH is 1. The van der Waals surface area contributed by atoms with Crippen LogP contribution < -0.4 is 20.1 Å². The maximum atomic E-state index is 13.5. The molecule has 0 saturated heterocycles. The van der Waals surface area contributed by atoms with Crippen LogP contribution in [0.4, 0.5) is 8.78 Å². The van der Waals surface area contributed by atoms with Gasteiger partial charge in [-0.05, 0) is 49.9 Å². The molecule has 0 aromatic heterocycles. The van der Waals surface area contributed by atoms with Gasteiger partial charge in [-0.2, -0.15) is 0 Å². The number of hydrogen-bond donors (Lipinski definition) is 3. The fourth-order valence-electron chi connectivity index (χ4n) is 4.69. The van der Waals surface area contributed by atoms with Crippen molar-refractivity contribution in [2.75, 3.05) is 13.2 Å². The van der Waals surface area contributed by atoms with Crippen molar-refractivity contribution in [3.05, 3.63) is 58.1 Å². The molecular weight excluding hydrogens is 493 g/mol. The third-order valence-electron chi connectivity index (χ3n) is 6.24. The minimum atomic E-state index is -0.904. The van der Waals surface area contributed by atoms with Crippen molar-refractivity contribution in [3.8, 4) is 11.5 Å². The number of amides is 2. The standard InChI is InChI=1S/C23H22Cl2F2N2O5/c24-15-3-1-13(7-17(15)26)33-10-20(31)28-22-5-6-23(12-22,19(30)9-22)29-21(32)11-34-14-2-4-16(25)18(27)8-14/h1-4,7-8,19,30H,5-6,9-12H2,(H,28,31)(H,29,32)/t19-,22+,23?/m1/s1. The van der Waals surface area contributed by atoms with Crippen molar-refractivity contribution in [1.29, 1.82) is 0 Å². The molecule has 34 heavy (non-hydrogen) atoms. The van der Waals surface area contributed by atoms with Crippen LogP contribution in [0, 0.1) is 11.6 Å². The van der Waals surface area contributed by atoms with E-state index in [1.54, 1.807) is 0 Å².